The summed E-state index contributed by atoms with van der Waals surface area (Å²) in [5.74, 6) is -0.0372. The Morgan fingerprint density at radius 3 is 2.86 bits per heavy atom. The molecule has 5 heteroatoms. The van der Waals surface area contributed by atoms with Gasteiger partial charge in [0.1, 0.15) is 0 Å². The zero-order chi connectivity index (χ0) is 10.6. The predicted octanol–water partition coefficient (Wildman–Crippen LogP) is 3.83. The van der Waals surface area contributed by atoms with Gasteiger partial charge in [0, 0.05) is 11.8 Å². The smallest absolute Gasteiger partial charge is 0.225 e. The molecule has 0 bridgehead atoms. The zero-order valence-corrected chi connectivity index (χ0v) is 11.1. The molecule has 0 aliphatic heterocycles. The van der Waals surface area contributed by atoms with E-state index in [0.29, 0.717) is 26.9 Å². The standard InChI is InChI=1S/C9H8Br2ClNO/c10-5-4-8(14)13-7-3-1-2-6(12)9(7)11/h1-3H,4-5H2,(H,13,14). The Kier molecular flexibility index (Phi) is 4.92. The van der Waals surface area contributed by atoms with E-state index in [1.54, 1.807) is 18.2 Å². The van der Waals surface area contributed by atoms with Crippen molar-refractivity contribution >= 4 is 55.1 Å². The van der Waals surface area contributed by atoms with Gasteiger partial charge < -0.3 is 5.32 Å². The van der Waals surface area contributed by atoms with Crippen LogP contribution in [0.15, 0.2) is 22.7 Å². The lowest BCUT2D eigenvalue weighted by atomic mass is 10.3. The third-order valence-electron chi connectivity index (χ3n) is 1.55. The molecule has 1 rings (SSSR count). The Bertz CT molecular complexity index is 344. The van der Waals surface area contributed by atoms with E-state index in [1.165, 1.54) is 0 Å². The minimum atomic E-state index is -0.0372. The van der Waals surface area contributed by atoms with Gasteiger partial charge in [0.25, 0.3) is 0 Å². The quantitative estimate of drug-likeness (QED) is 0.832. The Balaban J connectivity index is 2.76. The second kappa shape index (κ2) is 5.73. The maximum atomic E-state index is 11.3. The van der Waals surface area contributed by atoms with Gasteiger partial charge >= 0.3 is 0 Å². The van der Waals surface area contributed by atoms with Crippen molar-refractivity contribution in [1.82, 2.24) is 0 Å². The zero-order valence-electron chi connectivity index (χ0n) is 7.19. The molecule has 0 fully saturated rings. The van der Waals surface area contributed by atoms with Crippen LogP contribution in [0.3, 0.4) is 0 Å². The molecule has 1 amide bonds. The van der Waals surface area contributed by atoms with Crippen LogP contribution < -0.4 is 5.32 Å². The number of nitrogens with one attached hydrogen (secondary N) is 1. The number of hydrogen-bond acceptors (Lipinski definition) is 1. The Morgan fingerprint density at radius 1 is 1.50 bits per heavy atom. The van der Waals surface area contributed by atoms with Crippen molar-refractivity contribution in [3.05, 3.63) is 27.7 Å². The first kappa shape index (κ1) is 12.0. The number of anilines is 1. The molecule has 0 radical (unpaired) electrons. The lowest BCUT2D eigenvalue weighted by molar-refractivity contribution is -0.115. The Hall–Kier alpha value is -0.0600. The molecule has 1 N–H and O–H groups in total. The molecular weight excluding hydrogens is 333 g/mol. The highest BCUT2D eigenvalue weighted by atomic mass is 79.9. The van der Waals surface area contributed by atoms with Crippen LogP contribution in [0, 0.1) is 0 Å². The number of hydrogen-bond donors (Lipinski definition) is 1. The molecule has 14 heavy (non-hydrogen) atoms. The van der Waals surface area contributed by atoms with E-state index in [2.05, 4.69) is 37.2 Å². The van der Waals surface area contributed by atoms with Crippen LogP contribution in [-0.4, -0.2) is 11.2 Å². The van der Waals surface area contributed by atoms with Gasteiger partial charge in [-0.1, -0.05) is 33.6 Å². The largest absolute Gasteiger partial charge is 0.325 e. The lowest BCUT2D eigenvalue weighted by Gasteiger charge is -2.07. The summed E-state index contributed by atoms with van der Waals surface area (Å²) in [4.78, 5) is 11.3. The van der Waals surface area contributed by atoms with Crippen molar-refractivity contribution in [2.24, 2.45) is 0 Å². The summed E-state index contributed by atoms with van der Waals surface area (Å²) in [6.07, 6.45) is 0.443. The molecule has 0 heterocycles. The summed E-state index contributed by atoms with van der Waals surface area (Å²) >= 11 is 12.4. The number of halogens is 3. The third kappa shape index (κ3) is 3.26. The summed E-state index contributed by atoms with van der Waals surface area (Å²) in [5, 5.41) is 3.99. The maximum Gasteiger partial charge on any atom is 0.225 e. The lowest BCUT2D eigenvalue weighted by Crippen LogP contribution is -2.11. The second-order valence-corrected chi connectivity index (χ2v) is 4.58. The maximum absolute atomic E-state index is 11.3. The highest BCUT2D eigenvalue weighted by Gasteiger charge is 2.06. The number of carbonyl (C=O) groups is 1. The van der Waals surface area contributed by atoms with E-state index < -0.39 is 0 Å². The Morgan fingerprint density at radius 2 is 2.21 bits per heavy atom. The first-order chi connectivity index (χ1) is 6.65. The molecular formula is C9H8Br2ClNO. The SMILES string of the molecule is O=C(CCBr)Nc1cccc(Cl)c1Br. The van der Waals surface area contributed by atoms with Gasteiger partial charge in [-0.3, -0.25) is 4.79 Å². The van der Waals surface area contributed by atoms with Gasteiger partial charge in [-0.2, -0.15) is 0 Å². The van der Waals surface area contributed by atoms with Crippen LogP contribution in [0.1, 0.15) is 6.42 Å². The van der Waals surface area contributed by atoms with Crippen molar-refractivity contribution in [2.75, 3.05) is 10.6 Å². The van der Waals surface area contributed by atoms with E-state index >= 15 is 0 Å². The topological polar surface area (TPSA) is 29.1 Å². The van der Waals surface area contributed by atoms with Crippen molar-refractivity contribution in [1.29, 1.82) is 0 Å². The summed E-state index contributed by atoms with van der Waals surface area (Å²) in [7, 11) is 0. The molecule has 0 saturated heterocycles. The highest BCUT2D eigenvalue weighted by molar-refractivity contribution is 9.10. The number of carbonyl (C=O) groups excluding carboxylic acids is 1. The molecule has 0 unspecified atom stereocenters. The van der Waals surface area contributed by atoms with Crippen LogP contribution in [0.5, 0.6) is 0 Å². The van der Waals surface area contributed by atoms with Crippen LogP contribution in [-0.2, 0) is 4.79 Å². The van der Waals surface area contributed by atoms with Crippen molar-refractivity contribution in [3.63, 3.8) is 0 Å². The molecule has 0 aromatic heterocycles. The second-order valence-electron chi connectivity index (χ2n) is 2.59. The highest BCUT2D eigenvalue weighted by Crippen LogP contribution is 2.29. The summed E-state index contributed by atoms with van der Waals surface area (Å²) in [6.45, 7) is 0. The average Bonchev–Trinajstić information content (AvgIpc) is 2.13. The van der Waals surface area contributed by atoms with Crippen molar-refractivity contribution < 1.29 is 4.79 Å². The van der Waals surface area contributed by atoms with Crippen LogP contribution in [0.2, 0.25) is 5.02 Å². The molecule has 0 aliphatic rings. The van der Waals surface area contributed by atoms with Gasteiger partial charge in [-0.05, 0) is 28.1 Å². The van der Waals surface area contributed by atoms with Crippen molar-refractivity contribution in [2.45, 2.75) is 6.42 Å². The first-order valence-corrected chi connectivity index (χ1v) is 6.24. The monoisotopic (exact) mass is 339 g/mol. The molecule has 0 spiro atoms. The van der Waals surface area contributed by atoms with Gasteiger partial charge in [0.15, 0.2) is 0 Å². The van der Waals surface area contributed by atoms with Gasteiger partial charge in [0.05, 0.1) is 15.2 Å². The third-order valence-corrected chi connectivity index (χ3v) is 3.34. The normalized spacial score (nSPS) is 9.93. The van der Waals surface area contributed by atoms with Gasteiger partial charge in [-0.25, -0.2) is 0 Å². The molecule has 0 aliphatic carbocycles. The molecule has 1 aromatic carbocycles. The number of rotatable bonds is 3. The fraction of sp³-hybridized carbons (Fsp3) is 0.222. The summed E-state index contributed by atoms with van der Waals surface area (Å²) in [6, 6.07) is 5.34. The molecule has 76 valence electrons. The number of benzene rings is 1. The summed E-state index contributed by atoms with van der Waals surface area (Å²) in [5.41, 5.74) is 0.698. The van der Waals surface area contributed by atoms with Gasteiger partial charge in [-0.15, -0.1) is 0 Å². The van der Waals surface area contributed by atoms with E-state index in [0.717, 1.165) is 0 Å². The molecule has 0 saturated carbocycles. The minimum absolute atomic E-state index is 0.0372. The Labute approximate surface area is 104 Å². The van der Waals surface area contributed by atoms with E-state index in [9.17, 15) is 4.79 Å². The average molecular weight is 341 g/mol. The van der Waals surface area contributed by atoms with Crippen molar-refractivity contribution in [3.8, 4) is 0 Å². The fourth-order valence-corrected chi connectivity index (χ4v) is 1.80. The predicted molar refractivity (Wildman–Crippen MR) is 66.2 cm³/mol. The molecule has 1 aromatic rings. The van der Waals surface area contributed by atoms with Crippen LogP contribution >= 0.6 is 43.5 Å². The molecule has 2 nitrogen and oxygen atoms in total. The van der Waals surface area contributed by atoms with E-state index in [1.807, 2.05) is 0 Å². The van der Waals surface area contributed by atoms with Crippen LogP contribution in [0.4, 0.5) is 5.69 Å². The first-order valence-electron chi connectivity index (χ1n) is 3.95. The number of alkyl halides is 1. The molecule has 0 atom stereocenters. The van der Waals surface area contributed by atoms with Crippen LogP contribution in [0.25, 0.3) is 0 Å². The fourth-order valence-electron chi connectivity index (χ4n) is 0.899. The number of amides is 1. The summed E-state index contributed by atoms with van der Waals surface area (Å²) < 4.78 is 0.713. The van der Waals surface area contributed by atoms with E-state index in [4.69, 9.17) is 11.6 Å². The van der Waals surface area contributed by atoms with E-state index in [-0.39, 0.29) is 5.91 Å². The van der Waals surface area contributed by atoms with Gasteiger partial charge in [0.2, 0.25) is 5.91 Å². The minimum Gasteiger partial charge on any atom is -0.325 e.